The number of likely N-dealkylation sites (tertiary alicyclic amines) is 1. The minimum atomic E-state index is -0.922. The third-order valence-electron chi connectivity index (χ3n) is 10.5. The summed E-state index contributed by atoms with van der Waals surface area (Å²) >= 11 is 0. The lowest BCUT2D eigenvalue weighted by molar-refractivity contribution is -0.141. The summed E-state index contributed by atoms with van der Waals surface area (Å²) in [5.74, 6) is -1.65. The SMILES string of the molecule is CC(=O)OCCCCC(NC(=O)c1cc(OCC(=O)N2CCCC2C(=O)NC2CCC2)n(-c2ccccc2)n1)C(=O)N1CCN(C(=O)OC2CCC2)CC1. The number of carbonyl (C=O) groups excluding carboxylic acids is 6. The van der Waals surface area contributed by atoms with Gasteiger partial charge in [0.05, 0.1) is 12.3 Å². The third-order valence-corrected chi connectivity index (χ3v) is 10.5. The molecule has 2 unspecified atom stereocenters. The van der Waals surface area contributed by atoms with Gasteiger partial charge >= 0.3 is 12.1 Å². The number of piperazine rings is 1. The summed E-state index contributed by atoms with van der Waals surface area (Å²) < 4.78 is 18.0. The highest BCUT2D eigenvalue weighted by molar-refractivity contribution is 5.96. The summed E-state index contributed by atoms with van der Waals surface area (Å²) in [6, 6.07) is 9.13. The number of unbranched alkanes of at least 4 members (excludes halogenated alkanes) is 1. The highest BCUT2D eigenvalue weighted by atomic mass is 16.6. The van der Waals surface area contributed by atoms with E-state index in [4.69, 9.17) is 14.2 Å². The Morgan fingerprint density at radius 3 is 2.26 bits per heavy atom. The van der Waals surface area contributed by atoms with Crippen LogP contribution in [0.3, 0.4) is 0 Å². The lowest BCUT2D eigenvalue weighted by atomic mass is 9.93. The molecule has 2 atom stereocenters. The predicted molar refractivity (Wildman–Crippen MR) is 194 cm³/mol. The second kappa shape index (κ2) is 18.3. The van der Waals surface area contributed by atoms with Crippen molar-refractivity contribution in [2.75, 3.05) is 45.9 Å². The van der Waals surface area contributed by atoms with Crippen LogP contribution in [0, 0.1) is 0 Å². The average molecular weight is 750 g/mol. The molecule has 1 aromatic heterocycles. The molecule has 16 nitrogen and oxygen atoms in total. The number of para-hydroxylation sites is 1. The minimum absolute atomic E-state index is 0.0264. The lowest BCUT2D eigenvalue weighted by Crippen LogP contribution is -2.56. The maximum absolute atomic E-state index is 13.9. The molecule has 2 aliphatic carbocycles. The molecule has 2 N–H and O–H groups in total. The Kier molecular flexibility index (Phi) is 13.0. The fourth-order valence-electron chi connectivity index (χ4n) is 6.93. The normalized spacial score (nSPS) is 19.3. The maximum Gasteiger partial charge on any atom is 0.410 e. The molecular weight excluding hydrogens is 698 g/mol. The van der Waals surface area contributed by atoms with Crippen LogP contribution in [0.25, 0.3) is 5.69 Å². The van der Waals surface area contributed by atoms with E-state index in [1.807, 2.05) is 6.07 Å². The quantitative estimate of drug-likeness (QED) is 0.203. The van der Waals surface area contributed by atoms with Crippen LogP contribution in [0.2, 0.25) is 0 Å². The van der Waals surface area contributed by atoms with Gasteiger partial charge in [-0.2, -0.15) is 5.10 Å². The van der Waals surface area contributed by atoms with E-state index in [0.29, 0.717) is 51.0 Å². The van der Waals surface area contributed by atoms with Crippen molar-refractivity contribution < 1.29 is 43.0 Å². The minimum Gasteiger partial charge on any atom is -0.467 e. The number of ether oxygens (including phenoxy) is 3. The maximum atomic E-state index is 13.9. The fourth-order valence-corrected chi connectivity index (χ4v) is 6.93. The van der Waals surface area contributed by atoms with Crippen molar-refractivity contribution >= 4 is 35.7 Å². The first-order valence-corrected chi connectivity index (χ1v) is 19.2. The molecule has 5 amide bonds. The van der Waals surface area contributed by atoms with Gasteiger partial charge in [-0.1, -0.05) is 18.2 Å². The van der Waals surface area contributed by atoms with Gasteiger partial charge in [-0.25, -0.2) is 9.48 Å². The van der Waals surface area contributed by atoms with Crippen LogP contribution in [0.4, 0.5) is 4.79 Å². The number of benzene rings is 1. The fraction of sp³-hybridized carbons (Fsp3) is 0.605. The highest BCUT2D eigenvalue weighted by Crippen LogP contribution is 2.25. The summed E-state index contributed by atoms with van der Waals surface area (Å²) in [4.78, 5) is 82.6. The van der Waals surface area contributed by atoms with E-state index < -0.39 is 24.0 Å². The Morgan fingerprint density at radius 2 is 1.59 bits per heavy atom. The number of carbonyl (C=O) groups is 6. The summed E-state index contributed by atoms with van der Waals surface area (Å²) in [5.41, 5.74) is 0.561. The van der Waals surface area contributed by atoms with Gasteiger partial charge in [-0.05, 0) is 82.8 Å². The average Bonchev–Trinajstić information content (AvgIpc) is 3.81. The Morgan fingerprint density at radius 1 is 0.870 bits per heavy atom. The van der Waals surface area contributed by atoms with E-state index in [9.17, 15) is 28.8 Å². The summed E-state index contributed by atoms with van der Waals surface area (Å²) in [6.07, 6.45) is 7.95. The Hall–Kier alpha value is -5.15. The second-order valence-corrected chi connectivity index (χ2v) is 14.4. The molecule has 16 heteroatoms. The van der Waals surface area contributed by atoms with Crippen molar-refractivity contribution in [2.24, 2.45) is 0 Å². The van der Waals surface area contributed by atoms with Crippen molar-refractivity contribution in [1.82, 2.24) is 35.1 Å². The van der Waals surface area contributed by atoms with E-state index in [2.05, 4.69) is 15.7 Å². The number of nitrogens with one attached hydrogen (secondary N) is 2. The Bertz CT molecular complexity index is 1650. The standard InChI is InChI=1S/C38H51N7O9/c1-26(46)52-23-6-5-16-30(37(50)42-19-21-43(22-20-42)38(51)54-29-14-8-15-29)40-35(48)31-24-34(45(41-31)28-12-3-2-4-13-28)53-25-33(47)44-18-9-17-32(44)36(49)39-27-10-7-11-27/h2-4,12-13,24,27,29-30,32H,5-11,14-23,25H2,1H3,(H,39,49)(H,40,48). The number of esters is 1. The molecule has 3 heterocycles. The second-order valence-electron chi connectivity index (χ2n) is 14.4. The molecule has 54 heavy (non-hydrogen) atoms. The first-order chi connectivity index (χ1) is 26.2. The van der Waals surface area contributed by atoms with Crippen LogP contribution in [-0.4, -0.2) is 130 Å². The van der Waals surface area contributed by atoms with Gasteiger partial charge in [-0.3, -0.25) is 24.0 Å². The smallest absolute Gasteiger partial charge is 0.410 e. The van der Waals surface area contributed by atoms with Crippen LogP contribution >= 0.6 is 0 Å². The zero-order valence-corrected chi connectivity index (χ0v) is 30.9. The van der Waals surface area contributed by atoms with Crippen molar-refractivity contribution in [2.45, 2.75) is 102 Å². The van der Waals surface area contributed by atoms with Crippen LogP contribution in [-0.2, 0) is 28.7 Å². The lowest BCUT2D eigenvalue weighted by Gasteiger charge is -2.37. The van der Waals surface area contributed by atoms with Gasteiger partial charge in [0.2, 0.25) is 17.7 Å². The van der Waals surface area contributed by atoms with Gasteiger partial charge in [0, 0.05) is 51.8 Å². The first-order valence-electron chi connectivity index (χ1n) is 19.2. The molecule has 2 aromatic rings. The summed E-state index contributed by atoms with van der Waals surface area (Å²) in [7, 11) is 0. The van der Waals surface area contributed by atoms with E-state index in [1.165, 1.54) is 17.7 Å². The molecular formula is C38H51N7O9. The summed E-state index contributed by atoms with van der Waals surface area (Å²) in [6.45, 7) is 2.80. The number of amides is 5. The van der Waals surface area contributed by atoms with E-state index in [0.717, 1.165) is 38.5 Å². The largest absolute Gasteiger partial charge is 0.467 e. The molecule has 4 aliphatic rings. The van der Waals surface area contributed by atoms with E-state index in [-0.39, 0.29) is 80.3 Å². The molecule has 2 saturated carbocycles. The number of nitrogens with zero attached hydrogens (tertiary/aromatic N) is 5. The van der Waals surface area contributed by atoms with Crippen LogP contribution in [0.5, 0.6) is 5.88 Å². The molecule has 292 valence electrons. The first kappa shape index (κ1) is 38.6. The monoisotopic (exact) mass is 749 g/mol. The van der Waals surface area contributed by atoms with Gasteiger partial charge in [0.1, 0.15) is 18.2 Å². The molecule has 6 rings (SSSR count). The van der Waals surface area contributed by atoms with Crippen LogP contribution < -0.4 is 15.4 Å². The van der Waals surface area contributed by atoms with Crippen LogP contribution in [0.15, 0.2) is 36.4 Å². The summed E-state index contributed by atoms with van der Waals surface area (Å²) in [5, 5.41) is 10.4. The van der Waals surface area contributed by atoms with Crippen LogP contribution in [0.1, 0.15) is 88.0 Å². The Labute approximate surface area is 314 Å². The number of rotatable bonds is 15. The van der Waals surface area contributed by atoms with Gasteiger partial charge < -0.3 is 39.5 Å². The van der Waals surface area contributed by atoms with Crippen molar-refractivity contribution in [3.63, 3.8) is 0 Å². The highest BCUT2D eigenvalue weighted by Gasteiger charge is 2.36. The zero-order chi connectivity index (χ0) is 38.0. The third kappa shape index (κ3) is 9.88. The topological polar surface area (TPSA) is 182 Å². The molecule has 0 radical (unpaired) electrons. The number of hydrogen-bond acceptors (Lipinski definition) is 10. The molecule has 4 fully saturated rings. The van der Waals surface area contributed by atoms with Crippen molar-refractivity contribution in [3.05, 3.63) is 42.1 Å². The van der Waals surface area contributed by atoms with Crippen molar-refractivity contribution in [1.29, 1.82) is 0 Å². The van der Waals surface area contributed by atoms with E-state index >= 15 is 0 Å². The zero-order valence-electron chi connectivity index (χ0n) is 30.9. The Balaban J connectivity index is 1.11. The molecule has 2 saturated heterocycles. The number of hydrogen-bond donors (Lipinski definition) is 2. The molecule has 0 bridgehead atoms. The van der Waals surface area contributed by atoms with Gasteiger partial charge in [0.25, 0.3) is 11.8 Å². The van der Waals surface area contributed by atoms with Gasteiger partial charge in [-0.15, -0.1) is 0 Å². The molecule has 2 aliphatic heterocycles. The van der Waals surface area contributed by atoms with E-state index in [1.54, 1.807) is 39.0 Å². The predicted octanol–water partition coefficient (Wildman–Crippen LogP) is 2.58. The molecule has 1 aromatic carbocycles. The molecule has 0 spiro atoms. The van der Waals surface area contributed by atoms with Crippen molar-refractivity contribution in [3.8, 4) is 11.6 Å². The van der Waals surface area contributed by atoms with Gasteiger partial charge in [0.15, 0.2) is 12.3 Å². The number of aromatic nitrogens is 2.